The van der Waals surface area contributed by atoms with E-state index >= 15 is 0 Å². The zero-order valence-corrected chi connectivity index (χ0v) is 10.6. The first-order chi connectivity index (χ1) is 7.59. The number of hydrogen-bond donors (Lipinski definition) is 1. The van der Waals surface area contributed by atoms with E-state index < -0.39 is 0 Å². The normalized spacial score (nSPS) is 26.6. The molecule has 1 aliphatic heterocycles. The van der Waals surface area contributed by atoms with Gasteiger partial charge < -0.3 is 5.73 Å². The van der Waals surface area contributed by atoms with Crippen molar-refractivity contribution < 1.29 is 0 Å². The van der Waals surface area contributed by atoms with Crippen LogP contribution in [0.15, 0.2) is 24.3 Å². The van der Waals surface area contributed by atoms with E-state index in [1.165, 1.54) is 5.56 Å². The van der Waals surface area contributed by atoms with Crippen molar-refractivity contribution in [1.29, 1.82) is 0 Å². The molecule has 88 valence electrons. The van der Waals surface area contributed by atoms with Crippen LogP contribution in [0, 0.1) is 0 Å². The highest BCUT2D eigenvalue weighted by Gasteiger charge is 2.33. The first-order valence-corrected chi connectivity index (χ1v) is 6.24. The molecule has 0 bridgehead atoms. The molecule has 0 spiro atoms. The van der Waals surface area contributed by atoms with E-state index in [2.05, 4.69) is 30.9 Å². The first-order valence-electron chi connectivity index (χ1n) is 5.86. The fourth-order valence-electron chi connectivity index (χ4n) is 2.52. The third-order valence-corrected chi connectivity index (χ3v) is 3.61. The summed E-state index contributed by atoms with van der Waals surface area (Å²) in [5.41, 5.74) is 7.48. The Balaban J connectivity index is 2.26. The predicted molar refractivity (Wildman–Crippen MR) is 68.6 cm³/mol. The SMILES string of the molecule is CC(C)N1CC[C@@H](N)[C@@H]1c1ccc(Cl)cc1. The van der Waals surface area contributed by atoms with E-state index in [1.54, 1.807) is 0 Å². The second kappa shape index (κ2) is 4.74. The molecule has 2 N–H and O–H groups in total. The number of halogens is 1. The van der Waals surface area contributed by atoms with E-state index in [1.807, 2.05) is 12.1 Å². The molecule has 3 heteroatoms. The molecule has 1 aromatic rings. The summed E-state index contributed by atoms with van der Waals surface area (Å²) in [7, 11) is 0. The molecule has 1 saturated heterocycles. The summed E-state index contributed by atoms with van der Waals surface area (Å²) >= 11 is 5.91. The van der Waals surface area contributed by atoms with E-state index in [-0.39, 0.29) is 6.04 Å². The van der Waals surface area contributed by atoms with Gasteiger partial charge in [0, 0.05) is 23.7 Å². The molecule has 2 atom stereocenters. The number of likely N-dealkylation sites (tertiary alicyclic amines) is 1. The van der Waals surface area contributed by atoms with Crippen LogP contribution in [0.3, 0.4) is 0 Å². The van der Waals surface area contributed by atoms with Crippen molar-refractivity contribution in [3.05, 3.63) is 34.9 Å². The average molecular weight is 239 g/mol. The Morgan fingerprint density at radius 2 is 1.94 bits per heavy atom. The minimum Gasteiger partial charge on any atom is -0.326 e. The molecule has 2 rings (SSSR count). The van der Waals surface area contributed by atoms with Gasteiger partial charge in [-0.1, -0.05) is 23.7 Å². The van der Waals surface area contributed by atoms with Crippen molar-refractivity contribution in [2.24, 2.45) is 5.73 Å². The van der Waals surface area contributed by atoms with Gasteiger partial charge in [0.15, 0.2) is 0 Å². The van der Waals surface area contributed by atoms with E-state index in [4.69, 9.17) is 17.3 Å². The Bertz CT molecular complexity index is 347. The molecular weight excluding hydrogens is 220 g/mol. The van der Waals surface area contributed by atoms with Crippen molar-refractivity contribution in [2.75, 3.05) is 6.54 Å². The van der Waals surface area contributed by atoms with Crippen molar-refractivity contribution in [3.63, 3.8) is 0 Å². The minimum absolute atomic E-state index is 0.239. The maximum atomic E-state index is 6.20. The topological polar surface area (TPSA) is 29.3 Å². The van der Waals surface area contributed by atoms with Crippen LogP contribution in [-0.2, 0) is 0 Å². The van der Waals surface area contributed by atoms with Crippen LogP contribution < -0.4 is 5.73 Å². The van der Waals surface area contributed by atoms with Crippen molar-refractivity contribution >= 4 is 11.6 Å². The lowest BCUT2D eigenvalue weighted by molar-refractivity contribution is 0.198. The van der Waals surface area contributed by atoms with Gasteiger partial charge in [-0.2, -0.15) is 0 Å². The Labute approximate surface area is 102 Å². The van der Waals surface area contributed by atoms with E-state index in [9.17, 15) is 0 Å². The van der Waals surface area contributed by atoms with Gasteiger partial charge in [0.1, 0.15) is 0 Å². The van der Waals surface area contributed by atoms with Crippen molar-refractivity contribution in [1.82, 2.24) is 4.90 Å². The number of rotatable bonds is 2. The van der Waals surface area contributed by atoms with Crippen LogP contribution in [0.5, 0.6) is 0 Å². The fraction of sp³-hybridized carbons (Fsp3) is 0.538. The van der Waals surface area contributed by atoms with Crippen LogP contribution in [0.4, 0.5) is 0 Å². The van der Waals surface area contributed by atoms with Crippen LogP contribution in [0.1, 0.15) is 31.9 Å². The second-order valence-corrected chi connectivity index (χ2v) is 5.22. The van der Waals surface area contributed by atoms with Crippen molar-refractivity contribution in [3.8, 4) is 0 Å². The third-order valence-electron chi connectivity index (χ3n) is 3.36. The van der Waals surface area contributed by atoms with Gasteiger partial charge >= 0.3 is 0 Å². The highest BCUT2D eigenvalue weighted by molar-refractivity contribution is 6.30. The van der Waals surface area contributed by atoms with Crippen molar-refractivity contribution in [2.45, 2.75) is 38.4 Å². The molecule has 0 aliphatic carbocycles. The summed E-state index contributed by atoms with van der Waals surface area (Å²) in [5.74, 6) is 0. The lowest BCUT2D eigenvalue weighted by Crippen LogP contribution is -2.35. The lowest BCUT2D eigenvalue weighted by atomic mass is 10.0. The van der Waals surface area contributed by atoms with E-state index in [0.29, 0.717) is 12.1 Å². The summed E-state index contributed by atoms with van der Waals surface area (Å²) in [5, 5.41) is 0.784. The quantitative estimate of drug-likeness (QED) is 0.859. The van der Waals surface area contributed by atoms with Crippen LogP contribution >= 0.6 is 11.6 Å². The van der Waals surface area contributed by atoms with Gasteiger partial charge in [0.05, 0.1) is 6.04 Å². The largest absolute Gasteiger partial charge is 0.326 e. The van der Waals surface area contributed by atoms with Crippen LogP contribution in [0.25, 0.3) is 0 Å². The zero-order chi connectivity index (χ0) is 11.7. The Kier molecular flexibility index (Phi) is 3.53. The monoisotopic (exact) mass is 238 g/mol. The maximum absolute atomic E-state index is 6.20. The van der Waals surface area contributed by atoms with Gasteiger partial charge in [0.25, 0.3) is 0 Å². The maximum Gasteiger partial charge on any atom is 0.0502 e. The van der Waals surface area contributed by atoms with Gasteiger partial charge in [-0.05, 0) is 38.0 Å². The van der Waals surface area contributed by atoms with Gasteiger partial charge in [0.2, 0.25) is 0 Å². The highest BCUT2D eigenvalue weighted by Crippen LogP contribution is 2.33. The molecule has 16 heavy (non-hydrogen) atoms. The third kappa shape index (κ3) is 2.24. The Hall–Kier alpha value is -0.570. The first kappa shape index (κ1) is 11.9. The molecule has 0 amide bonds. The Morgan fingerprint density at radius 1 is 1.31 bits per heavy atom. The van der Waals surface area contributed by atoms with Crippen LogP contribution in [-0.4, -0.2) is 23.5 Å². The Morgan fingerprint density at radius 3 is 2.50 bits per heavy atom. The average Bonchev–Trinajstić information content (AvgIpc) is 2.62. The highest BCUT2D eigenvalue weighted by atomic mass is 35.5. The predicted octanol–water partition coefficient (Wildman–Crippen LogP) is 2.82. The minimum atomic E-state index is 0.239. The number of nitrogens with two attached hydrogens (primary N) is 1. The second-order valence-electron chi connectivity index (χ2n) is 4.78. The molecule has 1 heterocycles. The number of hydrogen-bond acceptors (Lipinski definition) is 2. The molecular formula is C13H19ClN2. The van der Waals surface area contributed by atoms with Crippen LogP contribution in [0.2, 0.25) is 5.02 Å². The molecule has 0 unspecified atom stereocenters. The number of benzene rings is 1. The standard InChI is InChI=1S/C13H19ClN2/c1-9(2)16-8-7-12(15)13(16)10-3-5-11(14)6-4-10/h3-6,9,12-13H,7-8,15H2,1-2H3/t12-,13+/m1/s1. The van der Waals surface area contributed by atoms with E-state index in [0.717, 1.165) is 18.0 Å². The molecule has 1 aliphatic rings. The lowest BCUT2D eigenvalue weighted by Gasteiger charge is -2.30. The van der Waals surface area contributed by atoms with Gasteiger partial charge in [-0.15, -0.1) is 0 Å². The summed E-state index contributed by atoms with van der Waals surface area (Å²) in [6.45, 7) is 5.54. The smallest absolute Gasteiger partial charge is 0.0502 e. The molecule has 1 aromatic carbocycles. The molecule has 0 saturated carbocycles. The summed E-state index contributed by atoms with van der Waals surface area (Å²) < 4.78 is 0. The zero-order valence-electron chi connectivity index (χ0n) is 9.86. The fourth-order valence-corrected chi connectivity index (χ4v) is 2.65. The summed E-state index contributed by atoms with van der Waals surface area (Å²) in [6.07, 6.45) is 1.07. The molecule has 0 radical (unpaired) electrons. The summed E-state index contributed by atoms with van der Waals surface area (Å²) in [6, 6.07) is 9.19. The molecule has 0 aromatic heterocycles. The molecule has 1 fully saturated rings. The van der Waals surface area contributed by atoms with Gasteiger partial charge in [-0.25, -0.2) is 0 Å². The number of nitrogens with zero attached hydrogens (tertiary/aromatic N) is 1. The summed E-state index contributed by atoms with van der Waals surface area (Å²) in [4.78, 5) is 2.47. The molecule has 2 nitrogen and oxygen atoms in total. The van der Waals surface area contributed by atoms with Gasteiger partial charge in [-0.3, -0.25) is 4.90 Å².